The van der Waals surface area contributed by atoms with Gasteiger partial charge in [-0.15, -0.1) is 0 Å². The lowest BCUT2D eigenvalue weighted by Crippen LogP contribution is -2.40. The number of fused-ring (bicyclic) bond motifs is 1. The van der Waals surface area contributed by atoms with Crippen LogP contribution in [0.1, 0.15) is 18.0 Å². The van der Waals surface area contributed by atoms with Crippen molar-refractivity contribution in [2.24, 2.45) is 13.0 Å². The maximum Gasteiger partial charge on any atom is 0.251 e. The molecule has 8 nitrogen and oxygen atoms in total. The fourth-order valence-electron chi connectivity index (χ4n) is 4.14. The summed E-state index contributed by atoms with van der Waals surface area (Å²) in [6.07, 6.45) is 6.98. The van der Waals surface area contributed by atoms with E-state index in [1.54, 1.807) is 54.9 Å². The molecule has 1 saturated heterocycles. The Kier molecular flexibility index (Phi) is 6.54. The third-order valence-electron chi connectivity index (χ3n) is 5.88. The van der Waals surface area contributed by atoms with Crippen LogP contribution in [0.3, 0.4) is 0 Å². The molecule has 0 aliphatic carbocycles. The minimum Gasteiger partial charge on any atom is -0.355 e. The molecule has 0 bridgehead atoms. The monoisotopic (exact) mass is 503 g/mol. The van der Waals surface area contributed by atoms with Gasteiger partial charge in [-0.25, -0.2) is 18.8 Å². The standard InChI is InChI=1S/C24H27F2N5O3S/c1-31-19-6-5-13(7-14(19)12-28-31)21(30-23(33)15-8-20(32)27-11-15)24(34)29-16-9-17(25)22(18(26)10-16)35(2,3)4/h5-7,9-10,12,15,21H,8,11H2,1-4H3,(H,27,32)(H,29,34)(H,30,33)/t15-,21+/m0/s1. The average molecular weight is 504 g/mol. The summed E-state index contributed by atoms with van der Waals surface area (Å²) in [6.45, 7) is 0.174. The van der Waals surface area contributed by atoms with Crippen molar-refractivity contribution in [3.8, 4) is 0 Å². The van der Waals surface area contributed by atoms with Gasteiger partial charge in [-0.1, -0.05) is 6.07 Å². The molecule has 0 saturated carbocycles. The van der Waals surface area contributed by atoms with E-state index in [0.717, 1.165) is 23.0 Å². The molecule has 2 atom stereocenters. The molecule has 35 heavy (non-hydrogen) atoms. The lowest BCUT2D eigenvalue weighted by atomic mass is 10.0. The smallest absolute Gasteiger partial charge is 0.251 e. The number of nitrogens with zero attached hydrogens (tertiary/aromatic N) is 2. The number of hydrogen-bond acceptors (Lipinski definition) is 4. The minimum atomic E-state index is -1.68. The maximum atomic E-state index is 14.7. The van der Waals surface area contributed by atoms with E-state index < -0.39 is 45.4 Å². The van der Waals surface area contributed by atoms with Gasteiger partial charge in [0.15, 0.2) is 0 Å². The Hall–Kier alpha value is -3.47. The van der Waals surface area contributed by atoms with E-state index in [-0.39, 0.29) is 29.5 Å². The summed E-state index contributed by atoms with van der Waals surface area (Å²) in [7, 11) is 0.103. The van der Waals surface area contributed by atoms with Gasteiger partial charge in [0.1, 0.15) is 17.7 Å². The van der Waals surface area contributed by atoms with Gasteiger partial charge in [-0.2, -0.15) is 5.10 Å². The van der Waals surface area contributed by atoms with Crippen molar-refractivity contribution >= 4 is 44.3 Å². The molecule has 2 aromatic carbocycles. The number of aryl methyl sites for hydroxylation is 1. The molecule has 2 heterocycles. The number of rotatable bonds is 6. The molecule has 186 valence electrons. The van der Waals surface area contributed by atoms with Crippen LogP contribution in [0, 0.1) is 17.6 Å². The van der Waals surface area contributed by atoms with Gasteiger partial charge in [0.05, 0.1) is 22.5 Å². The van der Waals surface area contributed by atoms with Crippen molar-refractivity contribution < 1.29 is 23.2 Å². The molecule has 1 aliphatic heterocycles. The minimum absolute atomic E-state index is 0.000724. The normalized spacial score (nSPS) is 17.2. The highest BCUT2D eigenvalue weighted by Crippen LogP contribution is 2.48. The third kappa shape index (κ3) is 5.14. The van der Waals surface area contributed by atoms with Crippen LogP contribution in [0.2, 0.25) is 0 Å². The van der Waals surface area contributed by atoms with E-state index in [2.05, 4.69) is 21.0 Å². The highest BCUT2D eigenvalue weighted by atomic mass is 32.3. The molecule has 0 radical (unpaired) electrons. The second-order valence-corrected chi connectivity index (χ2v) is 13.4. The topological polar surface area (TPSA) is 105 Å². The Labute approximate surface area is 202 Å². The molecule has 11 heteroatoms. The first-order valence-electron chi connectivity index (χ1n) is 10.9. The summed E-state index contributed by atoms with van der Waals surface area (Å²) in [5.41, 5.74) is 1.23. The highest BCUT2D eigenvalue weighted by Gasteiger charge is 2.32. The Bertz CT molecular complexity index is 1310. The molecular formula is C24H27F2N5O3S. The van der Waals surface area contributed by atoms with Crippen LogP contribution < -0.4 is 16.0 Å². The molecule has 0 spiro atoms. The molecule has 1 fully saturated rings. The molecule has 1 aliphatic rings. The maximum absolute atomic E-state index is 14.7. The second kappa shape index (κ2) is 9.29. The van der Waals surface area contributed by atoms with Crippen molar-refractivity contribution in [1.82, 2.24) is 20.4 Å². The summed E-state index contributed by atoms with van der Waals surface area (Å²) in [5.74, 6) is -3.49. The first-order valence-corrected chi connectivity index (χ1v) is 13.8. The van der Waals surface area contributed by atoms with Crippen molar-refractivity contribution in [1.29, 1.82) is 0 Å². The number of benzene rings is 2. The zero-order valence-electron chi connectivity index (χ0n) is 19.8. The fourth-order valence-corrected chi connectivity index (χ4v) is 5.43. The van der Waals surface area contributed by atoms with E-state index >= 15 is 0 Å². The number of carbonyl (C=O) groups excluding carboxylic acids is 3. The number of aromatic nitrogens is 2. The van der Waals surface area contributed by atoms with Crippen molar-refractivity contribution in [2.75, 3.05) is 30.6 Å². The van der Waals surface area contributed by atoms with Gasteiger partial charge < -0.3 is 16.0 Å². The molecule has 4 rings (SSSR count). The average Bonchev–Trinajstić information content (AvgIpc) is 3.35. The fraction of sp³-hybridized carbons (Fsp3) is 0.333. The Morgan fingerprint density at radius 1 is 1.17 bits per heavy atom. The first-order chi connectivity index (χ1) is 16.4. The third-order valence-corrected chi connectivity index (χ3v) is 7.49. The molecule has 3 aromatic rings. The molecule has 1 aromatic heterocycles. The van der Waals surface area contributed by atoms with Gasteiger partial charge in [0, 0.05) is 31.1 Å². The Morgan fingerprint density at radius 2 is 1.86 bits per heavy atom. The zero-order valence-corrected chi connectivity index (χ0v) is 20.6. The van der Waals surface area contributed by atoms with E-state index in [1.165, 1.54) is 0 Å². The van der Waals surface area contributed by atoms with E-state index in [4.69, 9.17) is 0 Å². The number of hydrogen-bond donors (Lipinski definition) is 3. The number of halogens is 2. The van der Waals surface area contributed by atoms with Gasteiger partial charge >= 0.3 is 0 Å². The second-order valence-electron chi connectivity index (χ2n) is 9.33. The summed E-state index contributed by atoms with van der Waals surface area (Å²) in [5, 5.41) is 12.8. The van der Waals surface area contributed by atoms with Crippen molar-refractivity contribution in [2.45, 2.75) is 17.4 Å². The van der Waals surface area contributed by atoms with Gasteiger partial charge in [0.2, 0.25) is 11.8 Å². The van der Waals surface area contributed by atoms with Crippen LogP contribution in [0.5, 0.6) is 0 Å². The number of carbonyl (C=O) groups is 3. The van der Waals surface area contributed by atoms with Crippen molar-refractivity contribution in [3.63, 3.8) is 0 Å². The van der Waals surface area contributed by atoms with Gasteiger partial charge in [0.25, 0.3) is 5.91 Å². The molecular weight excluding hydrogens is 476 g/mol. The molecule has 3 amide bonds. The van der Waals surface area contributed by atoms with Crippen LogP contribution in [-0.4, -0.2) is 52.8 Å². The predicted molar refractivity (Wildman–Crippen MR) is 131 cm³/mol. The van der Waals surface area contributed by atoms with Crippen molar-refractivity contribution in [3.05, 3.63) is 53.7 Å². The largest absolute Gasteiger partial charge is 0.355 e. The lowest BCUT2D eigenvalue weighted by Gasteiger charge is -2.27. The van der Waals surface area contributed by atoms with E-state index in [9.17, 15) is 23.2 Å². The lowest BCUT2D eigenvalue weighted by molar-refractivity contribution is -0.129. The highest BCUT2D eigenvalue weighted by molar-refractivity contribution is 8.32. The Morgan fingerprint density at radius 3 is 2.46 bits per heavy atom. The summed E-state index contributed by atoms with van der Waals surface area (Å²) >= 11 is 0. The predicted octanol–water partition coefficient (Wildman–Crippen LogP) is 2.84. The summed E-state index contributed by atoms with van der Waals surface area (Å²) in [6, 6.07) is 6.17. The van der Waals surface area contributed by atoms with Crippen LogP contribution >= 0.6 is 10.0 Å². The number of anilines is 1. The summed E-state index contributed by atoms with van der Waals surface area (Å²) < 4.78 is 31.1. The van der Waals surface area contributed by atoms with Crippen LogP contribution in [0.4, 0.5) is 14.5 Å². The van der Waals surface area contributed by atoms with Crippen LogP contribution in [0.25, 0.3) is 10.9 Å². The number of nitrogens with one attached hydrogen (secondary N) is 3. The molecule has 0 unspecified atom stereocenters. The SMILES string of the molecule is Cn1ncc2cc([C@@H](NC(=O)[C@@H]3CNC(=O)C3)C(=O)Nc3cc(F)c(S(C)(C)C)c(F)c3)ccc21. The quantitative estimate of drug-likeness (QED) is 0.481. The Balaban J connectivity index is 1.65. The van der Waals surface area contributed by atoms with E-state index in [0.29, 0.717) is 5.56 Å². The van der Waals surface area contributed by atoms with Gasteiger partial charge in [-0.3, -0.25) is 19.1 Å². The molecule has 3 N–H and O–H groups in total. The van der Waals surface area contributed by atoms with Crippen LogP contribution in [0.15, 0.2) is 41.4 Å². The van der Waals surface area contributed by atoms with Gasteiger partial charge in [-0.05, 0) is 48.6 Å². The van der Waals surface area contributed by atoms with Crippen LogP contribution in [-0.2, 0) is 21.4 Å². The summed E-state index contributed by atoms with van der Waals surface area (Å²) in [4.78, 5) is 37.7. The van der Waals surface area contributed by atoms with E-state index in [1.807, 2.05) is 0 Å². The first kappa shape index (κ1) is 24.6. The zero-order chi connectivity index (χ0) is 25.5. The number of amides is 3.